The molecule has 3 unspecified atom stereocenters. The number of hydrogen-bond donors (Lipinski definition) is 1. The summed E-state index contributed by atoms with van der Waals surface area (Å²) in [4.78, 5) is 0. The van der Waals surface area contributed by atoms with Gasteiger partial charge in [0, 0.05) is 6.04 Å². The van der Waals surface area contributed by atoms with Gasteiger partial charge in [0.05, 0.1) is 0 Å². The Morgan fingerprint density at radius 3 is 2.44 bits per heavy atom. The highest BCUT2D eigenvalue weighted by atomic mass is 14.9. The second-order valence-corrected chi connectivity index (χ2v) is 6.41. The molecule has 0 saturated heterocycles. The maximum atomic E-state index is 3.76. The van der Waals surface area contributed by atoms with Crippen molar-refractivity contribution >= 4 is 0 Å². The van der Waals surface area contributed by atoms with E-state index in [1.54, 1.807) is 0 Å². The van der Waals surface area contributed by atoms with Crippen molar-refractivity contribution in [2.75, 3.05) is 6.54 Å². The van der Waals surface area contributed by atoms with Gasteiger partial charge in [-0.2, -0.15) is 0 Å². The van der Waals surface area contributed by atoms with E-state index in [0.717, 1.165) is 18.4 Å². The van der Waals surface area contributed by atoms with Gasteiger partial charge in [0.2, 0.25) is 0 Å². The van der Waals surface area contributed by atoms with Crippen molar-refractivity contribution in [3.63, 3.8) is 0 Å². The summed E-state index contributed by atoms with van der Waals surface area (Å²) in [7, 11) is 0. The highest BCUT2D eigenvalue weighted by Gasteiger charge is 2.35. The van der Waals surface area contributed by atoms with Crippen LogP contribution in [0.25, 0.3) is 0 Å². The minimum absolute atomic E-state index is 0.442. The molecule has 0 spiro atoms. The van der Waals surface area contributed by atoms with Crippen LogP contribution >= 0.6 is 0 Å². The molecule has 0 aromatic heterocycles. The Kier molecular flexibility index (Phi) is 5.30. The topological polar surface area (TPSA) is 12.0 Å². The van der Waals surface area contributed by atoms with Crippen LogP contribution in [0.15, 0.2) is 0 Å². The average Bonchev–Trinajstić information content (AvgIpc) is 2.25. The first kappa shape index (κ1) is 14.0. The molecule has 96 valence electrons. The molecule has 0 radical (unpaired) electrons. The monoisotopic (exact) mass is 225 g/mol. The van der Waals surface area contributed by atoms with Crippen molar-refractivity contribution in [2.24, 2.45) is 17.3 Å². The summed E-state index contributed by atoms with van der Waals surface area (Å²) < 4.78 is 0. The average molecular weight is 225 g/mol. The Bertz CT molecular complexity index is 198. The van der Waals surface area contributed by atoms with Crippen LogP contribution in [0.5, 0.6) is 0 Å². The summed E-state index contributed by atoms with van der Waals surface area (Å²) in [6, 6.07) is 0.713. The van der Waals surface area contributed by atoms with Gasteiger partial charge in [-0.15, -0.1) is 0 Å². The lowest BCUT2D eigenvalue weighted by molar-refractivity contribution is 0.122. The minimum Gasteiger partial charge on any atom is -0.313 e. The largest absolute Gasteiger partial charge is 0.313 e. The predicted octanol–water partition coefficient (Wildman–Crippen LogP) is 4.23. The zero-order valence-corrected chi connectivity index (χ0v) is 12.0. The summed E-state index contributed by atoms with van der Waals surface area (Å²) in [5, 5.41) is 3.76. The zero-order chi connectivity index (χ0) is 12.2. The first-order valence-corrected chi connectivity index (χ1v) is 7.24. The normalized spacial score (nSPS) is 29.1. The molecular formula is C15H31N. The van der Waals surface area contributed by atoms with Gasteiger partial charge in [0.1, 0.15) is 0 Å². The van der Waals surface area contributed by atoms with Crippen LogP contribution in [0.4, 0.5) is 0 Å². The molecule has 1 aliphatic rings. The fourth-order valence-corrected chi connectivity index (χ4v) is 3.30. The van der Waals surface area contributed by atoms with Gasteiger partial charge in [0.15, 0.2) is 0 Å². The lowest BCUT2D eigenvalue weighted by Gasteiger charge is -2.42. The van der Waals surface area contributed by atoms with E-state index >= 15 is 0 Å². The van der Waals surface area contributed by atoms with Crippen molar-refractivity contribution in [3.05, 3.63) is 0 Å². The van der Waals surface area contributed by atoms with E-state index in [1.165, 1.54) is 32.1 Å². The van der Waals surface area contributed by atoms with Crippen molar-refractivity contribution < 1.29 is 0 Å². The van der Waals surface area contributed by atoms with Gasteiger partial charge in [-0.3, -0.25) is 0 Å². The number of hydrogen-bond acceptors (Lipinski definition) is 1. The fourth-order valence-electron chi connectivity index (χ4n) is 3.30. The second-order valence-electron chi connectivity index (χ2n) is 6.41. The Hall–Kier alpha value is -0.0400. The van der Waals surface area contributed by atoms with E-state index in [9.17, 15) is 0 Å². The fraction of sp³-hybridized carbons (Fsp3) is 1.00. The molecular weight excluding hydrogens is 194 g/mol. The smallest absolute Gasteiger partial charge is 0.0146 e. The number of nitrogens with one attached hydrogen (secondary N) is 1. The van der Waals surface area contributed by atoms with Gasteiger partial charge >= 0.3 is 0 Å². The second kappa shape index (κ2) is 6.05. The molecule has 1 heteroatoms. The summed E-state index contributed by atoms with van der Waals surface area (Å²) >= 11 is 0. The van der Waals surface area contributed by atoms with E-state index in [-0.39, 0.29) is 0 Å². The standard InChI is InChI=1S/C15H31N/c1-6-15(4,5)14(16-7-2)13-10-8-9-12(3)11-13/h12-14,16H,6-11H2,1-5H3. The lowest BCUT2D eigenvalue weighted by atomic mass is 9.69. The highest BCUT2D eigenvalue weighted by Crippen LogP contribution is 2.38. The summed E-state index contributed by atoms with van der Waals surface area (Å²) in [5.41, 5.74) is 0.442. The zero-order valence-electron chi connectivity index (χ0n) is 12.0. The maximum absolute atomic E-state index is 3.76. The van der Waals surface area contributed by atoms with Crippen LogP contribution in [0.3, 0.4) is 0 Å². The quantitative estimate of drug-likeness (QED) is 0.738. The summed E-state index contributed by atoms with van der Waals surface area (Å²) in [5.74, 6) is 1.84. The minimum atomic E-state index is 0.442. The molecule has 0 aromatic rings. The third-order valence-corrected chi connectivity index (χ3v) is 4.63. The number of rotatable bonds is 5. The molecule has 16 heavy (non-hydrogen) atoms. The molecule has 3 atom stereocenters. The van der Waals surface area contributed by atoms with Crippen LogP contribution in [0, 0.1) is 17.3 Å². The van der Waals surface area contributed by atoms with Gasteiger partial charge in [-0.1, -0.05) is 47.5 Å². The summed E-state index contributed by atoms with van der Waals surface area (Å²) in [6.45, 7) is 13.0. The molecule has 1 aliphatic carbocycles. The van der Waals surface area contributed by atoms with E-state index < -0.39 is 0 Å². The molecule has 0 amide bonds. The van der Waals surface area contributed by atoms with Crippen LogP contribution in [-0.4, -0.2) is 12.6 Å². The molecule has 1 nitrogen and oxygen atoms in total. The van der Waals surface area contributed by atoms with E-state index in [4.69, 9.17) is 0 Å². The Labute approximate surface area is 102 Å². The molecule has 0 aromatic carbocycles. The van der Waals surface area contributed by atoms with Crippen LogP contribution in [-0.2, 0) is 0 Å². The van der Waals surface area contributed by atoms with Gasteiger partial charge in [0.25, 0.3) is 0 Å². The molecule has 1 N–H and O–H groups in total. The van der Waals surface area contributed by atoms with Crippen molar-refractivity contribution in [3.8, 4) is 0 Å². The SMILES string of the molecule is CCNC(C1CCCC(C)C1)C(C)(C)CC. The molecule has 1 rings (SSSR count). The van der Waals surface area contributed by atoms with E-state index in [1.807, 2.05) is 0 Å². The maximum Gasteiger partial charge on any atom is 0.0146 e. The Balaban J connectivity index is 2.68. The van der Waals surface area contributed by atoms with Gasteiger partial charge < -0.3 is 5.32 Å². The molecule has 1 saturated carbocycles. The van der Waals surface area contributed by atoms with Crippen LogP contribution in [0.1, 0.15) is 66.7 Å². The third kappa shape index (κ3) is 3.48. The van der Waals surface area contributed by atoms with Crippen LogP contribution in [0.2, 0.25) is 0 Å². The van der Waals surface area contributed by atoms with Gasteiger partial charge in [-0.05, 0) is 43.1 Å². The van der Waals surface area contributed by atoms with Crippen molar-refractivity contribution in [2.45, 2.75) is 72.8 Å². The highest BCUT2D eigenvalue weighted by molar-refractivity contribution is 4.90. The van der Waals surface area contributed by atoms with Crippen LogP contribution < -0.4 is 5.32 Å². The molecule has 1 fully saturated rings. The van der Waals surface area contributed by atoms with Gasteiger partial charge in [-0.25, -0.2) is 0 Å². The Morgan fingerprint density at radius 2 is 1.94 bits per heavy atom. The molecule has 0 heterocycles. The lowest BCUT2D eigenvalue weighted by Crippen LogP contribution is -2.48. The first-order chi connectivity index (χ1) is 7.51. The van der Waals surface area contributed by atoms with Crippen molar-refractivity contribution in [1.29, 1.82) is 0 Å². The predicted molar refractivity (Wildman–Crippen MR) is 72.7 cm³/mol. The van der Waals surface area contributed by atoms with Crippen molar-refractivity contribution in [1.82, 2.24) is 5.32 Å². The molecule has 0 aliphatic heterocycles. The first-order valence-electron chi connectivity index (χ1n) is 7.24. The molecule has 0 bridgehead atoms. The third-order valence-electron chi connectivity index (χ3n) is 4.63. The Morgan fingerprint density at radius 1 is 1.25 bits per heavy atom. The van der Waals surface area contributed by atoms with E-state index in [2.05, 4.69) is 39.9 Å². The summed E-state index contributed by atoms with van der Waals surface area (Å²) in [6.07, 6.45) is 7.03. The van der Waals surface area contributed by atoms with E-state index in [0.29, 0.717) is 11.5 Å².